The zero-order valence-electron chi connectivity index (χ0n) is 12.2. The van der Waals surface area contributed by atoms with E-state index >= 15 is 0 Å². The van der Waals surface area contributed by atoms with E-state index in [1.54, 1.807) is 35.4 Å². The molecule has 1 aliphatic carbocycles. The highest BCUT2D eigenvalue weighted by Crippen LogP contribution is 2.37. The van der Waals surface area contributed by atoms with Gasteiger partial charge in [0.2, 0.25) is 5.88 Å². The van der Waals surface area contributed by atoms with Crippen LogP contribution in [-0.2, 0) is 0 Å². The van der Waals surface area contributed by atoms with Crippen molar-refractivity contribution in [1.82, 2.24) is 19.7 Å². The van der Waals surface area contributed by atoms with Gasteiger partial charge in [0.05, 0.1) is 18.1 Å². The standard InChI is InChI=1S/C16H14FN5O/c17-13-7-12(3-4-14(13)18)23-15-5-6-22(21-15)11-8-19-16(20-9-11)10-1-2-10/h3-10H,1-2,18H2. The molecule has 7 heteroatoms. The van der Waals surface area contributed by atoms with E-state index in [-0.39, 0.29) is 5.69 Å². The molecule has 23 heavy (non-hydrogen) atoms. The van der Waals surface area contributed by atoms with Crippen molar-refractivity contribution >= 4 is 5.69 Å². The van der Waals surface area contributed by atoms with E-state index in [0.717, 1.165) is 24.4 Å². The highest BCUT2D eigenvalue weighted by atomic mass is 19.1. The van der Waals surface area contributed by atoms with Crippen molar-refractivity contribution < 1.29 is 9.13 Å². The second-order valence-corrected chi connectivity index (χ2v) is 5.46. The Labute approximate surface area is 131 Å². The Morgan fingerprint density at radius 1 is 1.17 bits per heavy atom. The summed E-state index contributed by atoms with van der Waals surface area (Å²) in [6, 6.07) is 5.95. The van der Waals surface area contributed by atoms with Crippen LogP contribution in [0.25, 0.3) is 5.69 Å². The van der Waals surface area contributed by atoms with Gasteiger partial charge in [-0.2, -0.15) is 0 Å². The maximum absolute atomic E-state index is 13.4. The summed E-state index contributed by atoms with van der Waals surface area (Å²) in [5, 5.41) is 4.28. The molecule has 1 saturated carbocycles. The number of hydrogen-bond donors (Lipinski definition) is 1. The van der Waals surface area contributed by atoms with E-state index < -0.39 is 5.82 Å². The Morgan fingerprint density at radius 2 is 1.96 bits per heavy atom. The molecular formula is C16H14FN5O. The first-order valence-electron chi connectivity index (χ1n) is 7.30. The van der Waals surface area contributed by atoms with Gasteiger partial charge in [0, 0.05) is 24.2 Å². The van der Waals surface area contributed by atoms with Gasteiger partial charge in [-0.05, 0) is 25.0 Å². The van der Waals surface area contributed by atoms with Crippen molar-refractivity contribution in [3.8, 4) is 17.3 Å². The van der Waals surface area contributed by atoms with Gasteiger partial charge in [0.25, 0.3) is 0 Å². The molecule has 0 bridgehead atoms. The van der Waals surface area contributed by atoms with E-state index in [0.29, 0.717) is 17.5 Å². The minimum atomic E-state index is -0.522. The lowest BCUT2D eigenvalue weighted by atomic mass is 10.3. The van der Waals surface area contributed by atoms with Gasteiger partial charge in [-0.1, -0.05) is 0 Å². The first-order valence-corrected chi connectivity index (χ1v) is 7.30. The number of ether oxygens (including phenoxy) is 1. The molecule has 0 aliphatic heterocycles. The van der Waals surface area contributed by atoms with Crippen molar-refractivity contribution in [2.24, 2.45) is 0 Å². The number of nitrogen functional groups attached to an aromatic ring is 1. The van der Waals surface area contributed by atoms with Crippen LogP contribution in [-0.4, -0.2) is 19.7 Å². The van der Waals surface area contributed by atoms with Crippen LogP contribution in [0.4, 0.5) is 10.1 Å². The van der Waals surface area contributed by atoms with Gasteiger partial charge in [0.1, 0.15) is 23.1 Å². The molecule has 4 rings (SSSR count). The number of aromatic nitrogens is 4. The van der Waals surface area contributed by atoms with E-state index in [1.165, 1.54) is 12.1 Å². The van der Waals surface area contributed by atoms with Gasteiger partial charge in [-0.15, -0.1) is 5.10 Å². The van der Waals surface area contributed by atoms with E-state index in [9.17, 15) is 4.39 Å². The number of hydrogen-bond acceptors (Lipinski definition) is 5. The van der Waals surface area contributed by atoms with Crippen LogP contribution in [0.2, 0.25) is 0 Å². The molecule has 1 aliphatic rings. The Hall–Kier alpha value is -2.96. The summed E-state index contributed by atoms with van der Waals surface area (Å²) < 4.78 is 20.5. The summed E-state index contributed by atoms with van der Waals surface area (Å²) in [5.41, 5.74) is 6.26. The average Bonchev–Trinajstić information content (AvgIpc) is 3.31. The Kier molecular flexibility index (Phi) is 3.18. The quantitative estimate of drug-likeness (QED) is 0.749. The van der Waals surface area contributed by atoms with Gasteiger partial charge in [-0.3, -0.25) is 0 Å². The molecule has 116 valence electrons. The van der Waals surface area contributed by atoms with E-state index in [1.807, 2.05) is 0 Å². The fraction of sp³-hybridized carbons (Fsp3) is 0.188. The topological polar surface area (TPSA) is 78.9 Å². The Bertz CT molecular complexity index is 842. The molecule has 6 nitrogen and oxygen atoms in total. The van der Waals surface area contributed by atoms with Gasteiger partial charge < -0.3 is 10.5 Å². The molecule has 3 aromatic rings. The van der Waals surface area contributed by atoms with Crippen LogP contribution >= 0.6 is 0 Å². The molecule has 0 amide bonds. The van der Waals surface area contributed by atoms with Crippen LogP contribution in [0.3, 0.4) is 0 Å². The third kappa shape index (κ3) is 2.85. The first-order chi connectivity index (χ1) is 11.2. The Balaban J connectivity index is 1.52. The second-order valence-electron chi connectivity index (χ2n) is 5.46. The summed E-state index contributed by atoms with van der Waals surface area (Å²) in [4.78, 5) is 8.71. The van der Waals surface area contributed by atoms with Crippen LogP contribution < -0.4 is 10.5 Å². The molecular weight excluding hydrogens is 297 g/mol. The third-order valence-corrected chi connectivity index (χ3v) is 3.62. The Morgan fingerprint density at radius 3 is 2.65 bits per heavy atom. The highest BCUT2D eigenvalue weighted by Gasteiger charge is 2.26. The van der Waals surface area contributed by atoms with Crippen LogP contribution in [0, 0.1) is 5.82 Å². The predicted octanol–water partition coefficient (Wildman–Crippen LogP) is 3.05. The van der Waals surface area contributed by atoms with E-state index in [4.69, 9.17) is 10.5 Å². The van der Waals surface area contributed by atoms with E-state index in [2.05, 4.69) is 15.1 Å². The van der Waals surface area contributed by atoms with Crippen LogP contribution in [0.1, 0.15) is 24.6 Å². The zero-order valence-corrected chi connectivity index (χ0v) is 12.2. The molecule has 0 saturated heterocycles. The molecule has 0 spiro atoms. The number of halogens is 1. The molecule has 1 fully saturated rings. The molecule has 0 atom stereocenters. The van der Waals surface area contributed by atoms with Crippen LogP contribution in [0.5, 0.6) is 11.6 Å². The normalized spacial score (nSPS) is 14.0. The molecule has 2 aromatic heterocycles. The molecule has 0 radical (unpaired) electrons. The maximum Gasteiger partial charge on any atom is 0.238 e. The summed E-state index contributed by atoms with van der Waals surface area (Å²) in [5.74, 6) is 1.56. The van der Waals surface area contributed by atoms with Crippen molar-refractivity contribution in [3.63, 3.8) is 0 Å². The lowest BCUT2D eigenvalue weighted by Crippen LogP contribution is -2.00. The summed E-state index contributed by atoms with van der Waals surface area (Å²) in [7, 11) is 0. The molecule has 1 aromatic carbocycles. The van der Waals surface area contributed by atoms with Gasteiger partial charge in [-0.25, -0.2) is 19.0 Å². The molecule has 2 N–H and O–H groups in total. The van der Waals surface area contributed by atoms with Crippen molar-refractivity contribution in [2.45, 2.75) is 18.8 Å². The minimum absolute atomic E-state index is 0.0794. The lowest BCUT2D eigenvalue weighted by molar-refractivity contribution is 0.453. The largest absolute Gasteiger partial charge is 0.437 e. The monoisotopic (exact) mass is 311 g/mol. The van der Waals surface area contributed by atoms with Crippen molar-refractivity contribution in [1.29, 1.82) is 0 Å². The first kappa shape index (κ1) is 13.7. The summed E-state index contributed by atoms with van der Waals surface area (Å²) in [6.45, 7) is 0. The average molecular weight is 311 g/mol. The molecule has 0 unspecified atom stereocenters. The number of nitrogens with zero attached hydrogens (tertiary/aromatic N) is 4. The maximum atomic E-state index is 13.4. The summed E-state index contributed by atoms with van der Waals surface area (Å²) in [6.07, 6.45) is 7.54. The number of nitrogens with two attached hydrogens (primary N) is 1. The fourth-order valence-corrected chi connectivity index (χ4v) is 2.20. The third-order valence-electron chi connectivity index (χ3n) is 3.62. The number of rotatable bonds is 4. The SMILES string of the molecule is Nc1ccc(Oc2ccn(-c3cnc(C4CC4)nc3)n2)cc1F. The predicted molar refractivity (Wildman–Crippen MR) is 82.0 cm³/mol. The summed E-state index contributed by atoms with van der Waals surface area (Å²) >= 11 is 0. The van der Waals surface area contributed by atoms with Gasteiger partial charge >= 0.3 is 0 Å². The molecule has 2 heterocycles. The van der Waals surface area contributed by atoms with Crippen LogP contribution in [0.15, 0.2) is 42.9 Å². The zero-order chi connectivity index (χ0) is 15.8. The van der Waals surface area contributed by atoms with Gasteiger partial charge in [0.15, 0.2) is 0 Å². The minimum Gasteiger partial charge on any atom is -0.437 e. The lowest BCUT2D eigenvalue weighted by Gasteiger charge is -2.04. The fourth-order valence-electron chi connectivity index (χ4n) is 2.20. The van der Waals surface area contributed by atoms with Crippen molar-refractivity contribution in [2.75, 3.05) is 5.73 Å². The number of benzene rings is 1. The highest BCUT2D eigenvalue weighted by molar-refractivity contribution is 5.44. The second kappa shape index (κ2) is 5.35. The number of anilines is 1. The smallest absolute Gasteiger partial charge is 0.238 e. The van der Waals surface area contributed by atoms with Crippen molar-refractivity contribution in [3.05, 3.63) is 54.5 Å².